The molecule has 0 radical (unpaired) electrons. The number of nitrogens with zero attached hydrogens (tertiary/aromatic N) is 3. The fourth-order valence-corrected chi connectivity index (χ4v) is 2.68. The van der Waals surface area contributed by atoms with Gasteiger partial charge in [0.2, 0.25) is 0 Å². The molecule has 0 amide bonds. The maximum absolute atomic E-state index is 10.7. The molecule has 1 aliphatic heterocycles. The van der Waals surface area contributed by atoms with Crippen LogP contribution < -0.4 is 0 Å². The molecule has 1 aliphatic rings. The van der Waals surface area contributed by atoms with Crippen LogP contribution in [-0.2, 0) is 4.74 Å². The molecule has 1 saturated heterocycles. The first kappa shape index (κ1) is 13.3. The second kappa shape index (κ2) is 5.34. The average Bonchev–Trinajstić information content (AvgIpc) is 2.97. The maximum Gasteiger partial charge on any atom is 0.126 e. The van der Waals surface area contributed by atoms with Gasteiger partial charge in [0.15, 0.2) is 0 Å². The van der Waals surface area contributed by atoms with E-state index in [4.69, 9.17) is 4.74 Å². The van der Waals surface area contributed by atoms with Gasteiger partial charge in [-0.15, -0.1) is 5.10 Å². The summed E-state index contributed by atoms with van der Waals surface area (Å²) in [7, 11) is 0. The van der Waals surface area contributed by atoms with E-state index < -0.39 is 11.7 Å². The zero-order chi connectivity index (χ0) is 14.0. The van der Waals surface area contributed by atoms with E-state index in [0.717, 1.165) is 24.9 Å². The van der Waals surface area contributed by atoms with E-state index in [1.54, 1.807) is 10.9 Å². The van der Waals surface area contributed by atoms with E-state index in [1.807, 2.05) is 37.3 Å². The highest BCUT2D eigenvalue weighted by Crippen LogP contribution is 2.36. The van der Waals surface area contributed by atoms with Crippen LogP contribution in [0.25, 0.3) is 5.69 Å². The summed E-state index contributed by atoms with van der Waals surface area (Å²) in [5, 5.41) is 18.7. The summed E-state index contributed by atoms with van der Waals surface area (Å²) < 4.78 is 7.50. The third-order valence-corrected chi connectivity index (χ3v) is 3.93. The molecule has 5 heteroatoms. The summed E-state index contributed by atoms with van der Waals surface area (Å²) >= 11 is 0. The lowest BCUT2D eigenvalue weighted by atomic mass is 9.88. The molecule has 106 valence electrons. The molecule has 2 unspecified atom stereocenters. The highest BCUT2D eigenvalue weighted by atomic mass is 16.5. The molecule has 5 nitrogen and oxygen atoms in total. The minimum Gasteiger partial charge on any atom is -0.384 e. The van der Waals surface area contributed by atoms with Crippen molar-refractivity contribution in [2.45, 2.75) is 37.9 Å². The van der Waals surface area contributed by atoms with Crippen LogP contribution in [0.4, 0.5) is 0 Å². The monoisotopic (exact) mass is 273 g/mol. The largest absolute Gasteiger partial charge is 0.384 e. The van der Waals surface area contributed by atoms with Gasteiger partial charge >= 0.3 is 0 Å². The van der Waals surface area contributed by atoms with Crippen molar-refractivity contribution < 1.29 is 9.84 Å². The molecule has 20 heavy (non-hydrogen) atoms. The molecule has 1 fully saturated rings. The number of aliphatic hydroxyl groups is 1. The van der Waals surface area contributed by atoms with Gasteiger partial charge in [0.1, 0.15) is 6.10 Å². The van der Waals surface area contributed by atoms with Crippen LogP contribution in [0.1, 0.15) is 38.0 Å². The number of rotatable bonds is 3. The summed E-state index contributed by atoms with van der Waals surface area (Å²) in [6.07, 6.45) is 3.84. The minimum atomic E-state index is -0.738. The Kier molecular flexibility index (Phi) is 3.54. The van der Waals surface area contributed by atoms with Crippen LogP contribution in [-0.4, -0.2) is 32.3 Å². The van der Waals surface area contributed by atoms with Gasteiger partial charge in [-0.2, -0.15) is 0 Å². The number of para-hydroxylation sites is 1. The molecule has 2 heterocycles. The Morgan fingerprint density at radius 3 is 2.80 bits per heavy atom. The van der Waals surface area contributed by atoms with E-state index in [-0.39, 0.29) is 0 Å². The van der Waals surface area contributed by atoms with Crippen molar-refractivity contribution in [3.63, 3.8) is 0 Å². The van der Waals surface area contributed by atoms with Gasteiger partial charge in [-0.25, -0.2) is 4.68 Å². The Balaban J connectivity index is 1.93. The maximum atomic E-state index is 10.7. The Morgan fingerprint density at radius 2 is 2.10 bits per heavy atom. The van der Waals surface area contributed by atoms with Gasteiger partial charge in [0, 0.05) is 6.61 Å². The van der Waals surface area contributed by atoms with Crippen molar-refractivity contribution in [3.8, 4) is 5.69 Å². The summed E-state index contributed by atoms with van der Waals surface area (Å²) in [6, 6.07) is 9.70. The molecular formula is C15H19N3O2. The summed E-state index contributed by atoms with van der Waals surface area (Å²) in [6.45, 7) is 2.65. The van der Waals surface area contributed by atoms with Crippen molar-refractivity contribution in [3.05, 3.63) is 42.2 Å². The third-order valence-electron chi connectivity index (χ3n) is 3.93. The molecule has 1 aromatic carbocycles. The van der Waals surface area contributed by atoms with E-state index in [2.05, 4.69) is 10.3 Å². The molecule has 0 aliphatic carbocycles. The smallest absolute Gasteiger partial charge is 0.126 e. The number of aliphatic hydroxyl groups excluding tert-OH is 1. The first-order valence-corrected chi connectivity index (χ1v) is 6.99. The van der Waals surface area contributed by atoms with E-state index >= 15 is 0 Å². The number of ether oxygens (including phenoxy) is 1. The predicted octanol–water partition coefficient (Wildman–Crippen LogP) is 2.26. The van der Waals surface area contributed by atoms with Gasteiger partial charge < -0.3 is 9.84 Å². The van der Waals surface area contributed by atoms with Crippen LogP contribution in [0.5, 0.6) is 0 Å². The fraction of sp³-hybridized carbons (Fsp3) is 0.467. The van der Waals surface area contributed by atoms with Crippen LogP contribution in [0.3, 0.4) is 0 Å². The highest BCUT2D eigenvalue weighted by Gasteiger charge is 2.38. The third kappa shape index (κ3) is 2.34. The second-order valence-electron chi connectivity index (χ2n) is 5.43. The average molecular weight is 273 g/mol. The quantitative estimate of drug-likeness (QED) is 0.932. The molecule has 1 N–H and O–H groups in total. The van der Waals surface area contributed by atoms with Crippen LogP contribution in [0.15, 0.2) is 36.5 Å². The molecule has 1 aromatic heterocycles. The first-order chi connectivity index (χ1) is 9.71. The predicted molar refractivity (Wildman–Crippen MR) is 74.5 cm³/mol. The van der Waals surface area contributed by atoms with E-state index in [9.17, 15) is 5.11 Å². The molecule has 3 rings (SSSR count). The van der Waals surface area contributed by atoms with Crippen LogP contribution in [0.2, 0.25) is 0 Å². The zero-order valence-electron chi connectivity index (χ0n) is 11.6. The molecule has 2 aromatic rings. The highest BCUT2D eigenvalue weighted by molar-refractivity contribution is 5.32. The first-order valence-electron chi connectivity index (χ1n) is 6.99. The molecule has 0 bridgehead atoms. The lowest BCUT2D eigenvalue weighted by molar-refractivity contribution is -0.140. The molecule has 2 atom stereocenters. The minimum absolute atomic E-state index is 0.563. The van der Waals surface area contributed by atoms with Gasteiger partial charge in [0.25, 0.3) is 0 Å². The van der Waals surface area contributed by atoms with E-state index in [1.165, 1.54) is 0 Å². The number of hydrogen-bond donors (Lipinski definition) is 1. The topological polar surface area (TPSA) is 60.2 Å². The van der Waals surface area contributed by atoms with Crippen LogP contribution in [0, 0.1) is 0 Å². The lowest BCUT2D eigenvalue weighted by Crippen LogP contribution is -2.40. The van der Waals surface area contributed by atoms with Crippen molar-refractivity contribution >= 4 is 0 Å². The second-order valence-corrected chi connectivity index (χ2v) is 5.43. The van der Waals surface area contributed by atoms with Gasteiger partial charge in [-0.05, 0) is 38.3 Å². The van der Waals surface area contributed by atoms with Gasteiger partial charge in [-0.1, -0.05) is 23.4 Å². The number of aromatic nitrogens is 3. The lowest BCUT2D eigenvalue weighted by Gasteiger charge is -2.37. The molecule has 0 spiro atoms. The number of benzene rings is 1. The summed E-state index contributed by atoms with van der Waals surface area (Å²) in [5.74, 6) is 0. The number of hydrogen-bond acceptors (Lipinski definition) is 4. The Morgan fingerprint density at radius 1 is 1.30 bits per heavy atom. The molecule has 0 saturated carbocycles. The van der Waals surface area contributed by atoms with Crippen LogP contribution >= 0.6 is 0 Å². The van der Waals surface area contributed by atoms with Crippen molar-refractivity contribution in [1.29, 1.82) is 0 Å². The van der Waals surface area contributed by atoms with Crippen molar-refractivity contribution in [2.75, 3.05) is 6.61 Å². The van der Waals surface area contributed by atoms with Gasteiger partial charge in [0.05, 0.1) is 23.2 Å². The normalized spacial score (nSPS) is 24.5. The Bertz CT molecular complexity index is 562. The van der Waals surface area contributed by atoms with Gasteiger partial charge in [-0.3, -0.25) is 0 Å². The summed E-state index contributed by atoms with van der Waals surface area (Å²) in [5.41, 5.74) is 0.992. The standard InChI is InChI=1S/C15H19N3O2/c1-15(9-5-6-10-20-15)14(19)13-11-16-17-18(13)12-7-3-2-4-8-12/h2-4,7-8,11,14,19H,5-6,9-10H2,1H3. The zero-order valence-corrected chi connectivity index (χ0v) is 11.6. The summed E-state index contributed by atoms with van der Waals surface area (Å²) in [4.78, 5) is 0. The fourth-order valence-electron chi connectivity index (χ4n) is 2.68. The Labute approximate surface area is 118 Å². The van der Waals surface area contributed by atoms with E-state index in [0.29, 0.717) is 12.3 Å². The van der Waals surface area contributed by atoms with Crippen molar-refractivity contribution in [1.82, 2.24) is 15.0 Å². The molecular weight excluding hydrogens is 254 g/mol. The SMILES string of the molecule is CC1(C(O)c2cnnn2-c2ccccc2)CCCCO1. The van der Waals surface area contributed by atoms with Crippen molar-refractivity contribution in [2.24, 2.45) is 0 Å². The Hall–Kier alpha value is -1.72.